The van der Waals surface area contributed by atoms with Gasteiger partial charge in [0, 0.05) is 24.5 Å². The molecule has 224 valence electrons. The molecule has 13 heteroatoms. The summed E-state index contributed by atoms with van der Waals surface area (Å²) in [6.07, 6.45) is 0.774. The second-order valence-electron chi connectivity index (χ2n) is 11.3. The summed E-state index contributed by atoms with van der Waals surface area (Å²) in [6.45, 7) is 15.1. The van der Waals surface area contributed by atoms with Crippen molar-refractivity contribution >= 4 is 51.4 Å². The van der Waals surface area contributed by atoms with Crippen LogP contribution in [0, 0.1) is 5.41 Å². The molecule has 11 nitrogen and oxygen atoms in total. The summed E-state index contributed by atoms with van der Waals surface area (Å²) in [5.74, 6) is -1.49. The van der Waals surface area contributed by atoms with Gasteiger partial charge in [0.25, 0.3) is 0 Å². The minimum absolute atomic E-state index is 0.140. The van der Waals surface area contributed by atoms with Crippen LogP contribution in [0.15, 0.2) is 0 Å². The normalized spacial score (nSPS) is 17.1. The number of nitrogens with one attached hydrogen (secondary N) is 2. The Morgan fingerprint density at radius 1 is 0.872 bits per heavy atom. The first-order valence-electron chi connectivity index (χ1n) is 13.2. The molecule has 0 saturated carbocycles. The van der Waals surface area contributed by atoms with E-state index in [1.54, 1.807) is 34.6 Å². The van der Waals surface area contributed by atoms with Gasteiger partial charge in [-0.25, -0.2) is 14.4 Å². The Morgan fingerprint density at radius 2 is 1.38 bits per heavy atom. The van der Waals surface area contributed by atoms with E-state index >= 15 is 0 Å². The van der Waals surface area contributed by atoms with Crippen molar-refractivity contribution in [2.24, 2.45) is 5.41 Å². The van der Waals surface area contributed by atoms with E-state index in [0.29, 0.717) is 19.4 Å². The molecule has 0 bridgehead atoms. The van der Waals surface area contributed by atoms with Crippen LogP contribution < -0.4 is 10.6 Å². The maximum atomic E-state index is 13.1. The fraction of sp³-hybridized carbons (Fsp3) is 0.808. The fourth-order valence-corrected chi connectivity index (χ4v) is 5.93. The van der Waals surface area contributed by atoms with Crippen molar-refractivity contribution in [3.8, 4) is 0 Å². The predicted molar refractivity (Wildman–Crippen MR) is 152 cm³/mol. The van der Waals surface area contributed by atoms with Gasteiger partial charge in [-0.3, -0.25) is 14.5 Å². The van der Waals surface area contributed by atoms with Crippen molar-refractivity contribution in [3.63, 3.8) is 0 Å². The van der Waals surface area contributed by atoms with Gasteiger partial charge in [0.15, 0.2) is 0 Å². The molecule has 0 aliphatic carbocycles. The average Bonchev–Trinajstić information content (AvgIpc) is 3.28. The number of carbonyl (C=O) groups is 5. The number of esters is 2. The lowest BCUT2D eigenvalue weighted by Crippen LogP contribution is -2.52. The standard InChI is InChI=1S/C26H45N3O8S2/c1-9-35-22(32)17(27-20(30)14-25(3,4)5)15-38-39-16-18(23(33)36-10-2)28-21(31)19-12-11-13-29(19)24(34)37-26(6,7)8/h17-19H,9-16H2,1-8H3,(H,27,30)(H,28,31)/t17-,18-,19-/m0/s1. The van der Waals surface area contributed by atoms with Crippen molar-refractivity contribution < 1.29 is 38.2 Å². The van der Waals surface area contributed by atoms with E-state index in [9.17, 15) is 24.0 Å². The van der Waals surface area contributed by atoms with Crippen molar-refractivity contribution in [2.75, 3.05) is 31.3 Å². The third-order valence-electron chi connectivity index (χ3n) is 5.22. The summed E-state index contributed by atoms with van der Waals surface area (Å²) in [6, 6.07) is -2.57. The highest BCUT2D eigenvalue weighted by Gasteiger charge is 2.38. The van der Waals surface area contributed by atoms with Crippen LogP contribution in [0.5, 0.6) is 0 Å². The Labute approximate surface area is 240 Å². The van der Waals surface area contributed by atoms with Crippen molar-refractivity contribution in [3.05, 3.63) is 0 Å². The van der Waals surface area contributed by atoms with Gasteiger partial charge in [0.2, 0.25) is 11.8 Å². The van der Waals surface area contributed by atoms with Crippen LogP contribution in [-0.2, 0) is 33.4 Å². The summed E-state index contributed by atoms with van der Waals surface area (Å²) < 4.78 is 15.7. The molecule has 1 aliphatic rings. The van der Waals surface area contributed by atoms with Crippen molar-refractivity contribution in [1.29, 1.82) is 0 Å². The number of hydrogen-bond acceptors (Lipinski definition) is 10. The molecular weight excluding hydrogens is 546 g/mol. The number of carbonyl (C=O) groups excluding carboxylic acids is 5. The Morgan fingerprint density at radius 3 is 1.85 bits per heavy atom. The summed E-state index contributed by atoms with van der Waals surface area (Å²) in [5, 5.41) is 5.45. The molecule has 0 aromatic rings. The number of hydrogen-bond donors (Lipinski definition) is 2. The van der Waals surface area contributed by atoms with Gasteiger partial charge in [0.05, 0.1) is 13.2 Å². The maximum absolute atomic E-state index is 13.1. The topological polar surface area (TPSA) is 140 Å². The molecule has 1 rings (SSSR count). The smallest absolute Gasteiger partial charge is 0.410 e. The van der Waals surface area contributed by atoms with Gasteiger partial charge in [-0.15, -0.1) is 0 Å². The van der Waals surface area contributed by atoms with Gasteiger partial charge in [0.1, 0.15) is 23.7 Å². The second kappa shape index (κ2) is 16.2. The van der Waals surface area contributed by atoms with Crippen LogP contribution >= 0.6 is 21.6 Å². The summed E-state index contributed by atoms with van der Waals surface area (Å²) in [4.78, 5) is 64.5. The van der Waals surface area contributed by atoms with E-state index in [2.05, 4.69) is 10.6 Å². The Balaban J connectivity index is 2.79. The highest BCUT2D eigenvalue weighted by atomic mass is 33.1. The minimum Gasteiger partial charge on any atom is -0.464 e. The monoisotopic (exact) mass is 591 g/mol. The number of likely N-dealkylation sites (tertiary alicyclic amines) is 1. The van der Waals surface area contributed by atoms with Crippen LogP contribution in [-0.4, -0.2) is 89.7 Å². The lowest BCUT2D eigenvalue weighted by Gasteiger charge is -2.28. The highest BCUT2D eigenvalue weighted by molar-refractivity contribution is 8.76. The van der Waals surface area contributed by atoms with E-state index in [4.69, 9.17) is 14.2 Å². The summed E-state index contributed by atoms with van der Waals surface area (Å²) in [5.41, 5.74) is -0.940. The first-order valence-corrected chi connectivity index (χ1v) is 15.7. The van der Waals surface area contributed by atoms with Gasteiger partial charge in [-0.1, -0.05) is 42.4 Å². The van der Waals surface area contributed by atoms with Crippen LogP contribution in [0.3, 0.4) is 0 Å². The molecule has 0 radical (unpaired) electrons. The second-order valence-corrected chi connectivity index (χ2v) is 13.9. The predicted octanol–water partition coefficient (Wildman–Crippen LogP) is 3.30. The van der Waals surface area contributed by atoms with E-state index < -0.39 is 47.7 Å². The number of nitrogens with zero attached hydrogens (tertiary/aromatic N) is 1. The number of amides is 3. The molecular formula is C26H45N3O8S2. The molecule has 0 aromatic heterocycles. The van der Waals surface area contributed by atoms with Crippen LogP contribution in [0.25, 0.3) is 0 Å². The zero-order valence-electron chi connectivity index (χ0n) is 24.4. The molecule has 3 amide bonds. The lowest BCUT2D eigenvalue weighted by molar-refractivity contribution is -0.147. The van der Waals surface area contributed by atoms with Crippen molar-refractivity contribution in [2.45, 2.75) is 98.4 Å². The van der Waals surface area contributed by atoms with E-state index in [-0.39, 0.29) is 42.5 Å². The zero-order valence-corrected chi connectivity index (χ0v) is 26.1. The maximum Gasteiger partial charge on any atom is 0.410 e. The van der Waals surface area contributed by atoms with Gasteiger partial charge < -0.3 is 24.8 Å². The lowest BCUT2D eigenvalue weighted by atomic mass is 9.92. The average molecular weight is 592 g/mol. The van der Waals surface area contributed by atoms with Gasteiger partial charge in [-0.2, -0.15) is 0 Å². The first-order chi connectivity index (χ1) is 18.1. The highest BCUT2D eigenvalue weighted by Crippen LogP contribution is 2.25. The molecule has 1 saturated heterocycles. The molecule has 0 unspecified atom stereocenters. The van der Waals surface area contributed by atoms with Crippen molar-refractivity contribution in [1.82, 2.24) is 15.5 Å². The number of ether oxygens (including phenoxy) is 3. The van der Waals surface area contributed by atoms with Crippen LogP contribution in [0.2, 0.25) is 0 Å². The molecule has 1 aliphatic heterocycles. The van der Waals surface area contributed by atoms with Gasteiger partial charge >= 0.3 is 18.0 Å². The van der Waals surface area contributed by atoms with Crippen LogP contribution in [0.4, 0.5) is 4.79 Å². The fourth-order valence-electron chi connectivity index (χ4n) is 3.63. The van der Waals surface area contributed by atoms with Gasteiger partial charge in [-0.05, 0) is 52.9 Å². The minimum atomic E-state index is -0.965. The first kappa shape index (κ1) is 34.9. The number of rotatable bonds is 13. The van der Waals surface area contributed by atoms with E-state index in [0.717, 1.165) is 0 Å². The Bertz CT molecular complexity index is 857. The third-order valence-corrected chi connectivity index (χ3v) is 7.64. The van der Waals surface area contributed by atoms with Crippen LogP contribution in [0.1, 0.15) is 74.7 Å². The SMILES string of the molecule is CCOC(=O)[C@H](CSSC[C@H](NC(=O)[C@@H]1CCCN1C(=O)OC(C)(C)C)C(=O)OCC)NC(=O)CC(C)(C)C. The molecule has 3 atom stereocenters. The quantitative estimate of drug-likeness (QED) is 0.142. The molecule has 0 spiro atoms. The van der Waals surface area contributed by atoms with E-state index in [1.807, 2.05) is 20.8 Å². The van der Waals surface area contributed by atoms with E-state index in [1.165, 1.54) is 26.5 Å². The third kappa shape index (κ3) is 13.7. The summed E-state index contributed by atoms with van der Waals surface area (Å²) in [7, 11) is 2.52. The summed E-state index contributed by atoms with van der Waals surface area (Å²) >= 11 is 0. The molecule has 1 heterocycles. The largest absolute Gasteiger partial charge is 0.464 e. The molecule has 39 heavy (non-hydrogen) atoms. The molecule has 0 aromatic carbocycles. The zero-order chi connectivity index (χ0) is 29.8. The Kier molecular flexibility index (Phi) is 14.5. The Hall–Kier alpha value is -2.15. The molecule has 2 N–H and O–H groups in total. The molecule has 1 fully saturated rings.